The van der Waals surface area contributed by atoms with E-state index in [1.165, 1.54) is 47.9 Å². The molecule has 0 aliphatic heterocycles. The van der Waals surface area contributed by atoms with Crippen LogP contribution in [0.5, 0.6) is 5.75 Å². The summed E-state index contributed by atoms with van der Waals surface area (Å²) in [5, 5.41) is 10.5. The first-order chi connectivity index (χ1) is 13.5. The highest BCUT2D eigenvalue weighted by atomic mass is 16.5. The van der Waals surface area contributed by atoms with E-state index in [9.17, 15) is 9.90 Å². The second-order valence-corrected chi connectivity index (χ2v) is 8.45. The van der Waals surface area contributed by atoms with Gasteiger partial charge in [0, 0.05) is 40.2 Å². The van der Waals surface area contributed by atoms with Crippen LogP contribution in [0.4, 0.5) is 0 Å². The summed E-state index contributed by atoms with van der Waals surface area (Å²) in [5.74, 6) is 0.563. The van der Waals surface area contributed by atoms with Crippen LogP contribution in [0.1, 0.15) is 71.5 Å². The number of rotatable bonds is 6. The summed E-state index contributed by atoms with van der Waals surface area (Å²) < 4.78 is 5.67. The largest absolute Gasteiger partial charge is 0.496 e. The number of methoxy groups -OCH3 is 1. The van der Waals surface area contributed by atoms with Gasteiger partial charge in [0.15, 0.2) is 0 Å². The minimum atomic E-state index is -0.990. The summed E-state index contributed by atoms with van der Waals surface area (Å²) >= 11 is 0. The minimum Gasteiger partial charge on any atom is -0.496 e. The summed E-state index contributed by atoms with van der Waals surface area (Å²) in [4.78, 5) is 19.3. The van der Waals surface area contributed by atoms with E-state index in [0.717, 1.165) is 17.0 Å². The molecule has 2 aliphatic carbocycles. The maximum atomic E-state index is 11.3. The number of hydrogen-bond donors (Lipinski definition) is 2. The first-order valence-corrected chi connectivity index (χ1v) is 9.91. The molecule has 5 nitrogen and oxygen atoms in total. The van der Waals surface area contributed by atoms with E-state index in [4.69, 9.17) is 4.74 Å². The van der Waals surface area contributed by atoms with Crippen LogP contribution in [-0.2, 0) is 11.8 Å². The molecule has 2 saturated carbocycles. The summed E-state index contributed by atoms with van der Waals surface area (Å²) in [7, 11) is 1.74. The Kier molecular flexibility index (Phi) is 3.76. The standard InChI is InChI=1S/C23H24N2O3/c1-23(8-9-23)21-17(10-14-4-3-5-18(24-14)22(26)27)16-11-15(13-6-7-13)20(28-2)12-19(16)25-21/h3-5,11-13,25H,6-10H2,1-2H3,(H,26,27). The Balaban J connectivity index is 1.66. The van der Waals surface area contributed by atoms with Gasteiger partial charge in [-0.25, -0.2) is 9.78 Å². The zero-order valence-electron chi connectivity index (χ0n) is 16.2. The maximum absolute atomic E-state index is 11.3. The van der Waals surface area contributed by atoms with Crippen molar-refractivity contribution in [3.8, 4) is 5.75 Å². The lowest BCUT2D eigenvalue weighted by atomic mass is 9.95. The fraction of sp³-hybridized carbons (Fsp3) is 0.391. The van der Waals surface area contributed by atoms with Crippen LogP contribution in [-0.4, -0.2) is 28.2 Å². The Labute approximate surface area is 163 Å². The number of nitrogens with zero attached hydrogens (tertiary/aromatic N) is 1. The van der Waals surface area contributed by atoms with Crippen LogP contribution in [0, 0.1) is 0 Å². The number of benzene rings is 1. The van der Waals surface area contributed by atoms with Gasteiger partial charge in [0.25, 0.3) is 0 Å². The van der Waals surface area contributed by atoms with Crippen molar-refractivity contribution >= 4 is 16.9 Å². The molecule has 0 spiro atoms. The molecule has 5 heteroatoms. The van der Waals surface area contributed by atoms with Gasteiger partial charge in [0.1, 0.15) is 11.4 Å². The number of aromatic carboxylic acids is 1. The van der Waals surface area contributed by atoms with Crippen LogP contribution in [0.3, 0.4) is 0 Å². The molecule has 2 aliphatic rings. The minimum absolute atomic E-state index is 0.0943. The Bertz CT molecular complexity index is 1090. The van der Waals surface area contributed by atoms with Gasteiger partial charge >= 0.3 is 5.97 Å². The summed E-state index contributed by atoms with van der Waals surface area (Å²) in [5.41, 5.74) is 5.94. The third-order valence-electron chi connectivity index (χ3n) is 6.26. The molecule has 2 aromatic heterocycles. The number of carboxylic acid groups (broad SMARTS) is 1. The van der Waals surface area contributed by atoms with E-state index < -0.39 is 5.97 Å². The quantitative estimate of drug-likeness (QED) is 0.649. The van der Waals surface area contributed by atoms with Gasteiger partial charge in [-0.15, -0.1) is 0 Å². The molecular weight excluding hydrogens is 352 g/mol. The lowest BCUT2D eigenvalue weighted by molar-refractivity contribution is 0.0690. The Hall–Kier alpha value is -2.82. The highest BCUT2D eigenvalue weighted by molar-refractivity contribution is 5.88. The monoisotopic (exact) mass is 376 g/mol. The number of aromatic amines is 1. The van der Waals surface area contributed by atoms with Gasteiger partial charge in [-0.05, 0) is 60.9 Å². The number of H-pyrrole nitrogens is 1. The van der Waals surface area contributed by atoms with Gasteiger partial charge in [-0.1, -0.05) is 13.0 Å². The highest BCUT2D eigenvalue weighted by Gasteiger charge is 2.42. The fourth-order valence-corrected chi connectivity index (χ4v) is 4.20. The number of aromatic nitrogens is 2. The predicted octanol–water partition coefficient (Wildman–Crippen LogP) is 4.79. The summed E-state index contributed by atoms with van der Waals surface area (Å²) in [6, 6.07) is 9.64. The van der Waals surface area contributed by atoms with Crippen molar-refractivity contribution in [2.45, 2.75) is 50.4 Å². The van der Waals surface area contributed by atoms with Crippen LogP contribution in [0.25, 0.3) is 10.9 Å². The third kappa shape index (κ3) is 2.86. The zero-order chi connectivity index (χ0) is 19.5. The highest BCUT2D eigenvalue weighted by Crippen LogP contribution is 2.51. The third-order valence-corrected chi connectivity index (χ3v) is 6.26. The second kappa shape index (κ2) is 6.09. The molecule has 0 atom stereocenters. The van der Waals surface area contributed by atoms with Crippen LogP contribution >= 0.6 is 0 Å². The number of carbonyl (C=O) groups is 1. The van der Waals surface area contributed by atoms with Crippen LogP contribution in [0.2, 0.25) is 0 Å². The SMILES string of the molecule is COc1cc2[nH]c(C3(C)CC3)c(Cc3cccc(C(=O)O)n3)c2cc1C1CC1. The topological polar surface area (TPSA) is 75.2 Å². The average Bonchev–Trinajstić information content (AvgIpc) is 3.62. The first-order valence-electron chi connectivity index (χ1n) is 9.91. The van der Waals surface area contributed by atoms with Crippen molar-refractivity contribution in [1.29, 1.82) is 0 Å². The molecule has 2 N–H and O–H groups in total. The van der Waals surface area contributed by atoms with E-state index in [-0.39, 0.29) is 11.1 Å². The summed E-state index contributed by atoms with van der Waals surface area (Å²) in [6.45, 7) is 2.29. The van der Waals surface area contributed by atoms with Crippen molar-refractivity contribution in [2.24, 2.45) is 0 Å². The van der Waals surface area contributed by atoms with E-state index in [0.29, 0.717) is 12.3 Å². The Morgan fingerprint density at radius 2 is 2.11 bits per heavy atom. The maximum Gasteiger partial charge on any atom is 0.354 e. The molecule has 3 aromatic rings. The second-order valence-electron chi connectivity index (χ2n) is 8.45. The van der Waals surface area contributed by atoms with Crippen molar-refractivity contribution in [3.05, 3.63) is 58.5 Å². The molecule has 0 amide bonds. The molecule has 2 heterocycles. The fourth-order valence-electron chi connectivity index (χ4n) is 4.20. The number of pyridine rings is 1. The smallest absolute Gasteiger partial charge is 0.354 e. The normalized spacial score (nSPS) is 17.6. The van der Waals surface area contributed by atoms with Crippen molar-refractivity contribution in [2.75, 3.05) is 7.11 Å². The van der Waals surface area contributed by atoms with Gasteiger partial charge < -0.3 is 14.8 Å². The molecule has 0 saturated heterocycles. The van der Waals surface area contributed by atoms with Gasteiger partial charge in [0.05, 0.1) is 7.11 Å². The average molecular weight is 376 g/mol. The van der Waals surface area contributed by atoms with Crippen LogP contribution < -0.4 is 4.74 Å². The first kappa shape index (κ1) is 17.3. The summed E-state index contributed by atoms with van der Waals surface area (Å²) in [6.07, 6.45) is 5.40. The van der Waals surface area contributed by atoms with Crippen molar-refractivity contribution in [3.63, 3.8) is 0 Å². The molecule has 5 rings (SSSR count). The number of nitrogens with one attached hydrogen (secondary N) is 1. The lowest BCUT2D eigenvalue weighted by Gasteiger charge is -2.11. The van der Waals surface area contributed by atoms with E-state index >= 15 is 0 Å². The molecule has 0 bridgehead atoms. The molecule has 0 unspecified atom stereocenters. The number of carboxylic acids is 1. The predicted molar refractivity (Wildman–Crippen MR) is 107 cm³/mol. The number of hydrogen-bond acceptors (Lipinski definition) is 3. The van der Waals surface area contributed by atoms with Gasteiger partial charge in [-0.2, -0.15) is 0 Å². The van der Waals surface area contributed by atoms with Crippen molar-refractivity contribution in [1.82, 2.24) is 9.97 Å². The zero-order valence-corrected chi connectivity index (χ0v) is 16.2. The number of ether oxygens (including phenoxy) is 1. The Morgan fingerprint density at radius 1 is 1.32 bits per heavy atom. The van der Waals surface area contributed by atoms with E-state index in [2.05, 4.69) is 29.0 Å². The van der Waals surface area contributed by atoms with Crippen LogP contribution in [0.15, 0.2) is 30.3 Å². The van der Waals surface area contributed by atoms with Crippen molar-refractivity contribution < 1.29 is 14.6 Å². The molecule has 0 radical (unpaired) electrons. The molecule has 144 valence electrons. The lowest BCUT2D eigenvalue weighted by Crippen LogP contribution is -2.07. The van der Waals surface area contributed by atoms with E-state index in [1.54, 1.807) is 19.2 Å². The molecule has 2 fully saturated rings. The molecule has 28 heavy (non-hydrogen) atoms. The van der Waals surface area contributed by atoms with Gasteiger partial charge in [0.2, 0.25) is 0 Å². The molecular formula is C23H24N2O3. The Morgan fingerprint density at radius 3 is 2.75 bits per heavy atom. The number of fused-ring (bicyclic) bond motifs is 1. The molecule has 1 aromatic carbocycles. The van der Waals surface area contributed by atoms with Gasteiger partial charge in [-0.3, -0.25) is 0 Å². The van der Waals surface area contributed by atoms with E-state index in [1.807, 2.05) is 6.07 Å².